The van der Waals surface area contributed by atoms with Gasteiger partial charge in [-0.25, -0.2) is 0 Å². The third-order valence-electron chi connectivity index (χ3n) is 5.86. The van der Waals surface area contributed by atoms with E-state index in [4.69, 9.17) is 0 Å². The number of anilines is 1. The number of hydrogen-bond donors (Lipinski definition) is 0. The third kappa shape index (κ3) is 4.16. The Morgan fingerprint density at radius 3 is 2.56 bits per heavy atom. The molecule has 142 valence electrons. The summed E-state index contributed by atoms with van der Waals surface area (Å²) in [5.41, 5.74) is 2.51. The Bertz CT molecular complexity index is 736. The lowest BCUT2D eigenvalue weighted by molar-refractivity contribution is 0.156. The van der Waals surface area contributed by atoms with Crippen LogP contribution in [-0.4, -0.2) is 68.0 Å². The van der Waals surface area contributed by atoms with Gasteiger partial charge in [-0.3, -0.25) is 9.89 Å². The molecule has 0 amide bonds. The summed E-state index contributed by atoms with van der Waals surface area (Å²) in [4.78, 5) is 11.8. The lowest BCUT2D eigenvalue weighted by atomic mass is 9.98. The molecule has 1 aromatic rings. The highest BCUT2D eigenvalue weighted by molar-refractivity contribution is 5.62. The Hall–Kier alpha value is -2.33. The van der Waals surface area contributed by atoms with Crippen molar-refractivity contribution in [3.8, 4) is 0 Å². The average molecular weight is 363 g/mol. The minimum absolute atomic E-state index is 0.329. The molecule has 0 radical (unpaired) electrons. The largest absolute Gasteiger partial charge is 0.378 e. The van der Waals surface area contributed by atoms with Gasteiger partial charge in [-0.05, 0) is 30.5 Å². The van der Waals surface area contributed by atoms with Gasteiger partial charge in [0.25, 0.3) is 0 Å². The van der Waals surface area contributed by atoms with Crippen LogP contribution >= 0.6 is 0 Å². The van der Waals surface area contributed by atoms with Gasteiger partial charge in [-0.1, -0.05) is 48.6 Å². The molecule has 1 fully saturated rings. The molecule has 4 nitrogen and oxygen atoms in total. The zero-order valence-corrected chi connectivity index (χ0v) is 16.4. The maximum absolute atomic E-state index is 4.67. The minimum atomic E-state index is 0.329. The topological polar surface area (TPSA) is 22.1 Å². The van der Waals surface area contributed by atoms with E-state index in [0.717, 1.165) is 19.6 Å². The summed E-state index contributed by atoms with van der Waals surface area (Å²) in [6, 6.07) is 10.1. The number of piperidine rings is 1. The Labute approximate surface area is 163 Å². The zero-order valence-electron chi connectivity index (χ0n) is 16.4. The van der Waals surface area contributed by atoms with E-state index in [1.165, 1.54) is 24.1 Å². The second-order valence-electron chi connectivity index (χ2n) is 7.88. The maximum atomic E-state index is 4.67. The van der Waals surface area contributed by atoms with Crippen molar-refractivity contribution < 1.29 is 0 Å². The van der Waals surface area contributed by atoms with Gasteiger partial charge in [0.1, 0.15) is 0 Å². The van der Waals surface area contributed by atoms with Crippen LogP contribution in [0.25, 0.3) is 6.08 Å². The summed E-state index contributed by atoms with van der Waals surface area (Å²) in [5, 5.41) is 0. The molecule has 2 unspecified atom stereocenters. The van der Waals surface area contributed by atoms with Crippen LogP contribution in [0.2, 0.25) is 0 Å². The standard InChI is InChI=1S/C23H30N4/c1-25(2)20-11-9-19(10-12-20)6-5-15-26-16-13-21(14-17-26)27-18-24-22-7-3-4-8-23(22)27/h3-12,18,21-23H,13-17H2,1-2H3/b6-5+. The first-order chi connectivity index (χ1) is 13.2. The summed E-state index contributed by atoms with van der Waals surface area (Å²) in [6.07, 6.45) is 17.9. The van der Waals surface area contributed by atoms with E-state index >= 15 is 0 Å². The van der Waals surface area contributed by atoms with E-state index in [0.29, 0.717) is 18.1 Å². The van der Waals surface area contributed by atoms with Gasteiger partial charge >= 0.3 is 0 Å². The highest BCUT2D eigenvalue weighted by Crippen LogP contribution is 2.26. The molecule has 0 aromatic heterocycles. The monoisotopic (exact) mass is 362 g/mol. The number of nitrogens with zero attached hydrogens (tertiary/aromatic N) is 4. The molecule has 1 aliphatic carbocycles. The van der Waals surface area contributed by atoms with Crippen LogP contribution in [0, 0.1) is 0 Å². The molecular weight excluding hydrogens is 332 g/mol. The van der Waals surface area contributed by atoms with Crippen molar-refractivity contribution >= 4 is 18.1 Å². The fraction of sp³-hybridized carbons (Fsp3) is 0.435. The molecule has 4 rings (SSSR count). The van der Waals surface area contributed by atoms with Gasteiger partial charge in [-0.2, -0.15) is 0 Å². The normalized spacial score (nSPS) is 25.5. The number of hydrogen-bond acceptors (Lipinski definition) is 4. The van der Waals surface area contributed by atoms with Crippen LogP contribution in [0.4, 0.5) is 5.69 Å². The fourth-order valence-corrected chi connectivity index (χ4v) is 4.19. The fourth-order valence-electron chi connectivity index (χ4n) is 4.19. The molecule has 0 bridgehead atoms. The van der Waals surface area contributed by atoms with E-state index in [9.17, 15) is 0 Å². The third-order valence-corrected chi connectivity index (χ3v) is 5.86. The molecule has 0 spiro atoms. The lowest BCUT2D eigenvalue weighted by Crippen LogP contribution is -2.48. The Morgan fingerprint density at radius 2 is 1.81 bits per heavy atom. The summed E-state index contributed by atoms with van der Waals surface area (Å²) < 4.78 is 0. The molecule has 0 N–H and O–H groups in total. The molecule has 0 saturated carbocycles. The highest BCUT2D eigenvalue weighted by Gasteiger charge is 2.34. The average Bonchev–Trinajstić information content (AvgIpc) is 3.13. The lowest BCUT2D eigenvalue weighted by Gasteiger charge is -2.39. The van der Waals surface area contributed by atoms with Gasteiger partial charge < -0.3 is 9.80 Å². The van der Waals surface area contributed by atoms with Crippen molar-refractivity contribution in [1.82, 2.24) is 9.80 Å². The highest BCUT2D eigenvalue weighted by atomic mass is 15.3. The van der Waals surface area contributed by atoms with E-state index in [2.05, 4.69) is 101 Å². The first-order valence-electron chi connectivity index (χ1n) is 10.0. The predicted molar refractivity (Wildman–Crippen MR) is 115 cm³/mol. The molecule has 1 saturated heterocycles. The SMILES string of the molecule is CN(C)c1ccc(/C=C/CN2CCC(N3C=NC4C=CC=CC43)CC2)cc1. The summed E-state index contributed by atoms with van der Waals surface area (Å²) in [7, 11) is 4.15. The quantitative estimate of drug-likeness (QED) is 0.801. The number of benzene rings is 1. The minimum Gasteiger partial charge on any atom is -0.378 e. The van der Waals surface area contributed by atoms with E-state index in [-0.39, 0.29) is 0 Å². The van der Waals surface area contributed by atoms with Gasteiger partial charge in [-0.15, -0.1) is 0 Å². The number of rotatable bonds is 5. The van der Waals surface area contributed by atoms with Crippen molar-refractivity contribution in [2.45, 2.75) is 31.0 Å². The van der Waals surface area contributed by atoms with Crippen molar-refractivity contribution in [2.75, 3.05) is 38.6 Å². The molecule has 2 aliphatic heterocycles. The van der Waals surface area contributed by atoms with E-state index < -0.39 is 0 Å². The second-order valence-corrected chi connectivity index (χ2v) is 7.88. The summed E-state index contributed by atoms with van der Waals surface area (Å²) in [5.74, 6) is 0. The van der Waals surface area contributed by atoms with Crippen LogP contribution in [0.15, 0.2) is 59.6 Å². The van der Waals surface area contributed by atoms with Crippen molar-refractivity contribution in [1.29, 1.82) is 0 Å². The second kappa shape index (κ2) is 8.13. The molecule has 2 heterocycles. The van der Waals surface area contributed by atoms with Gasteiger partial charge in [0.15, 0.2) is 0 Å². The summed E-state index contributed by atoms with van der Waals surface area (Å²) >= 11 is 0. The Morgan fingerprint density at radius 1 is 1.07 bits per heavy atom. The Balaban J connectivity index is 1.24. The zero-order chi connectivity index (χ0) is 18.6. The van der Waals surface area contributed by atoms with Crippen LogP contribution in [0.5, 0.6) is 0 Å². The first-order valence-corrected chi connectivity index (χ1v) is 10.0. The molecule has 4 heteroatoms. The molecule has 2 atom stereocenters. The molecular formula is C23H30N4. The van der Waals surface area contributed by atoms with Crippen molar-refractivity contribution in [2.24, 2.45) is 4.99 Å². The van der Waals surface area contributed by atoms with Gasteiger partial charge in [0.05, 0.1) is 18.4 Å². The van der Waals surface area contributed by atoms with Crippen molar-refractivity contribution in [3.63, 3.8) is 0 Å². The number of fused-ring (bicyclic) bond motifs is 1. The molecule has 3 aliphatic rings. The van der Waals surface area contributed by atoms with Gasteiger partial charge in [0.2, 0.25) is 0 Å². The number of aliphatic imine (C=N–C) groups is 1. The van der Waals surface area contributed by atoms with E-state index in [1.807, 2.05) is 0 Å². The summed E-state index contributed by atoms with van der Waals surface area (Å²) in [6.45, 7) is 3.36. The molecule has 27 heavy (non-hydrogen) atoms. The van der Waals surface area contributed by atoms with E-state index in [1.54, 1.807) is 0 Å². The van der Waals surface area contributed by atoms with Crippen LogP contribution in [-0.2, 0) is 0 Å². The number of allylic oxidation sites excluding steroid dienone is 2. The molecule has 1 aromatic carbocycles. The van der Waals surface area contributed by atoms with Crippen molar-refractivity contribution in [3.05, 3.63) is 60.2 Å². The smallest absolute Gasteiger partial charge is 0.0940 e. The Kier molecular flexibility index (Phi) is 5.44. The van der Waals surface area contributed by atoms with Crippen LogP contribution in [0.3, 0.4) is 0 Å². The van der Waals surface area contributed by atoms with Crippen LogP contribution < -0.4 is 4.90 Å². The predicted octanol–water partition coefficient (Wildman–Crippen LogP) is 3.44. The maximum Gasteiger partial charge on any atom is 0.0940 e. The number of likely N-dealkylation sites (tertiary alicyclic amines) is 1. The first kappa shape index (κ1) is 18.1. The van der Waals surface area contributed by atoms with Gasteiger partial charge in [0, 0.05) is 45.5 Å². The van der Waals surface area contributed by atoms with Crippen LogP contribution in [0.1, 0.15) is 18.4 Å².